The fourth-order valence-electron chi connectivity index (χ4n) is 3.30. The topological polar surface area (TPSA) is 62.2 Å². The van der Waals surface area contributed by atoms with Gasteiger partial charge in [0.15, 0.2) is 0 Å². The van der Waals surface area contributed by atoms with Gasteiger partial charge in [-0.2, -0.15) is 0 Å². The van der Waals surface area contributed by atoms with Crippen LogP contribution >= 0.6 is 0 Å². The summed E-state index contributed by atoms with van der Waals surface area (Å²) in [5, 5.41) is 8.93. The molecule has 1 atom stereocenters. The van der Waals surface area contributed by atoms with Crippen LogP contribution in [0.25, 0.3) is 0 Å². The van der Waals surface area contributed by atoms with Crippen LogP contribution in [0.4, 0.5) is 0 Å². The van der Waals surface area contributed by atoms with Crippen LogP contribution in [-0.4, -0.2) is 73.9 Å². The van der Waals surface area contributed by atoms with Crippen molar-refractivity contribution in [2.24, 2.45) is 0 Å². The number of carbonyl (C=O) groups is 1. The lowest BCUT2D eigenvalue weighted by molar-refractivity contribution is -0.138. The molecule has 6 heteroatoms. The lowest BCUT2D eigenvalue weighted by Gasteiger charge is -2.25. The Labute approximate surface area is 150 Å². The maximum atomic E-state index is 10.9. The first-order chi connectivity index (χ1) is 12.1. The van der Waals surface area contributed by atoms with E-state index in [9.17, 15) is 4.79 Å². The smallest absolute Gasteiger partial charge is 0.317 e. The first-order valence-electron chi connectivity index (χ1n) is 8.99. The minimum Gasteiger partial charge on any atom is -0.497 e. The molecule has 1 aromatic rings. The van der Waals surface area contributed by atoms with E-state index in [0.29, 0.717) is 12.6 Å². The van der Waals surface area contributed by atoms with Crippen LogP contribution in [0.5, 0.6) is 11.5 Å². The van der Waals surface area contributed by atoms with Gasteiger partial charge in [-0.05, 0) is 70.1 Å². The molecule has 140 valence electrons. The molecular weight excluding hydrogens is 320 g/mol. The Balaban J connectivity index is 1.65. The van der Waals surface area contributed by atoms with Crippen molar-refractivity contribution in [3.05, 3.63) is 24.3 Å². The summed E-state index contributed by atoms with van der Waals surface area (Å²) in [6, 6.07) is 8.02. The summed E-state index contributed by atoms with van der Waals surface area (Å²) < 4.78 is 10.9. The molecule has 1 N–H and O–H groups in total. The summed E-state index contributed by atoms with van der Waals surface area (Å²) in [6.07, 6.45) is 4.21. The Bertz CT molecular complexity index is 521. The van der Waals surface area contributed by atoms with Crippen LogP contribution in [-0.2, 0) is 4.79 Å². The van der Waals surface area contributed by atoms with Gasteiger partial charge in [-0.15, -0.1) is 0 Å². The fraction of sp³-hybridized carbons (Fsp3) is 0.632. The summed E-state index contributed by atoms with van der Waals surface area (Å²) >= 11 is 0. The van der Waals surface area contributed by atoms with E-state index in [0.717, 1.165) is 56.8 Å². The summed E-state index contributed by atoms with van der Waals surface area (Å²) in [5.41, 5.74) is 0. The van der Waals surface area contributed by atoms with E-state index < -0.39 is 5.97 Å². The second-order valence-electron chi connectivity index (χ2n) is 6.61. The van der Waals surface area contributed by atoms with E-state index in [1.54, 1.807) is 7.11 Å². The highest BCUT2D eigenvalue weighted by Crippen LogP contribution is 2.18. The van der Waals surface area contributed by atoms with E-state index >= 15 is 0 Å². The second-order valence-corrected chi connectivity index (χ2v) is 6.61. The van der Waals surface area contributed by atoms with E-state index in [1.165, 1.54) is 0 Å². The van der Waals surface area contributed by atoms with Crippen LogP contribution in [0.2, 0.25) is 0 Å². The SMILES string of the molecule is COc1ccc(OCCCN2CCCC(N(C)CC(=O)O)CC2)cc1. The van der Waals surface area contributed by atoms with E-state index in [-0.39, 0.29) is 6.54 Å². The van der Waals surface area contributed by atoms with Gasteiger partial charge < -0.3 is 19.5 Å². The number of nitrogens with zero attached hydrogens (tertiary/aromatic N) is 2. The molecule has 1 unspecified atom stereocenters. The van der Waals surface area contributed by atoms with Crippen LogP contribution in [0, 0.1) is 0 Å². The maximum absolute atomic E-state index is 10.9. The summed E-state index contributed by atoms with van der Waals surface area (Å²) in [7, 11) is 3.57. The first kappa shape index (κ1) is 19.5. The van der Waals surface area contributed by atoms with Crippen molar-refractivity contribution in [3.8, 4) is 11.5 Å². The molecule has 1 aliphatic heterocycles. The quantitative estimate of drug-likeness (QED) is 0.690. The Morgan fingerprint density at radius 2 is 1.96 bits per heavy atom. The predicted molar refractivity (Wildman–Crippen MR) is 97.5 cm³/mol. The number of hydrogen-bond donors (Lipinski definition) is 1. The van der Waals surface area contributed by atoms with Crippen molar-refractivity contribution in [2.75, 3.05) is 46.9 Å². The molecule has 1 aliphatic rings. The average molecular weight is 350 g/mol. The van der Waals surface area contributed by atoms with Crippen molar-refractivity contribution >= 4 is 5.97 Å². The molecule has 0 saturated carbocycles. The van der Waals surface area contributed by atoms with Crippen molar-refractivity contribution in [1.29, 1.82) is 0 Å². The Morgan fingerprint density at radius 3 is 2.64 bits per heavy atom. The number of ether oxygens (including phenoxy) is 2. The first-order valence-corrected chi connectivity index (χ1v) is 8.99. The van der Waals surface area contributed by atoms with Gasteiger partial charge in [-0.25, -0.2) is 0 Å². The highest BCUT2D eigenvalue weighted by atomic mass is 16.5. The highest BCUT2D eigenvalue weighted by molar-refractivity contribution is 5.69. The largest absolute Gasteiger partial charge is 0.497 e. The third kappa shape index (κ3) is 6.92. The Morgan fingerprint density at radius 1 is 1.24 bits per heavy atom. The standard InChI is InChI=1S/C19H30N2O4/c1-20(15-19(22)23)16-5-3-11-21(13-10-16)12-4-14-25-18-8-6-17(24-2)7-9-18/h6-9,16H,3-5,10-15H2,1-2H3,(H,22,23). The zero-order valence-electron chi connectivity index (χ0n) is 15.3. The van der Waals surface area contributed by atoms with E-state index in [2.05, 4.69) is 4.90 Å². The molecule has 0 amide bonds. The van der Waals surface area contributed by atoms with Crippen LogP contribution in [0.15, 0.2) is 24.3 Å². The monoisotopic (exact) mass is 350 g/mol. The molecule has 1 saturated heterocycles. The second kappa shape index (κ2) is 10.3. The third-order valence-electron chi connectivity index (χ3n) is 4.75. The average Bonchev–Trinajstić information content (AvgIpc) is 2.84. The van der Waals surface area contributed by atoms with Crippen molar-refractivity contribution < 1.29 is 19.4 Å². The predicted octanol–water partition coefficient (Wildman–Crippen LogP) is 2.33. The summed E-state index contributed by atoms with van der Waals surface area (Å²) in [6.45, 7) is 3.95. The summed E-state index contributed by atoms with van der Waals surface area (Å²) in [5.74, 6) is 0.950. The van der Waals surface area contributed by atoms with Gasteiger partial charge in [0, 0.05) is 12.6 Å². The van der Waals surface area contributed by atoms with Crippen molar-refractivity contribution in [3.63, 3.8) is 0 Å². The number of methoxy groups -OCH3 is 1. The normalized spacial score (nSPS) is 18.8. The van der Waals surface area contributed by atoms with Gasteiger partial charge in [0.05, 0.1) is 20.3 Å². The lowest BCUT2D eigenvalue weighted by atomic mass is 10.1. The molecule has 2 rings (SSSR count). The number of carboxylic acid groups (broad SMARTS) is 1. The molecule has 1 fully saturated rings. The van der Waals surface area contributed by atoms with Crippen LogP contribution < -0.4 is 9.47 Å². The molecule has 1 heterocycles. The van der Waals surface area contributed by atoms with E-state index in [4.69, 9.17) is 14.6 Å². The zero-order valence-corrected chi connectivity index (χ0v) is 15.3. The Hall–Kier alpha value is -1.79. The molecule has 0 bridgehead atoms. The van der Waals surface area contributed by atoms with Crippen molar-refractivity contribution in [1.82, 2.24) is 9.80 Å². The molecule has 0 radical (unpaired) electrons. The summed E-state index contributed by atoms with van der Waals surface area (Å²) in [4.78, 5) is 15.3. The minimum absolute atomic E-state index is 0.125. The highest BCUT2D eigenvalue weighted by Gasteiger charge is 2.21. The number of likely N-dealkylation sites (N-methyl/N-ethyl adjacent to an activating group) is 1. The number of likely N-dealkylation sites (tertiary alicyclic amines) is 1. The van der Waals surface area contributed by atoms with Crippen molar-refractivity contribution in [2.45, 2.75) is 31.7 Å². The maximum Gasteiger partial charge on any atom is 0.317 e. The third-order valence-corrected chi connectivity index (χ3v) is 4.75. The number of rotatable bonds is 9. The van der Waals surface area contributed by atoms with Gasteiger partial charge in [0.25, 0.3) is 0 Å². The van der Waals surface area contributed by atoms with Gasteiger partial charge in [-0.3, -0.25) is 9.69 Å². The Kier molecular flexibility index (Phi) is 8.01. The molecule has 6 nitrogen and oxygen atoms in total. The zero-order chi connectivity index (χ0) is 18.1. The molecule has 0 aliphatic carbocycles. The molecular formula is C19H30N2O4. The molecule has 1 aromatic carbocycles. The van der Waals surface area contributed by atoms with Crippen LogP contribution in [0.1, 0.15) is 25.7 Å². The molecule has 0 spiro atoms. The van der Waals surface area contributed by atoms with Gasteiger partial charge in [0.1, 0.15) is 11.5 Å². The number of carboxylic acids is 1. The van der Waals surface area contributed by atoms with Gasteiger partial charge >= 0.3 is 5.97 Å². The fourth-order valence-corrected chi connectivity index (χ4v) is 3.30. The van der Waals surface area contributed by atoms with E-state index in [1.807, 2.05) is 36.2 Å². The number of benzene rings is 1. The number of aliphatic carboxylic acids is 1. The minimum atomic E-state index is -0.751. The van der Waals surface area contributed by atoms with Crippen LogP contribution in [0.3, 0.4) is 0 Å². The molecule has 25 heavy (non-hydrogen) atoms. The van der Waals surface area contributed by atoms with Gasteiger partial charge in [0.2, 0.25) is 0 Å². The number of hydrogen-bond acceptors (Lipinski definition) is 5. The lowest BCUT2D eigenvalue weighted by Crippen LogP contribution is -2.36. The molecule has 0 aromatic heterocycles. The van der Waals surface area contributed by atoms with Gasteiger partial charge in [-0.1, -0.05) is 0 Å².